The Morgan fingerprint density at radius 1 is 1.45 bits per heavy atom. The molecular formula is C13H14Cl2N2O3. The number of likely N-dealkylation sites (N-methyl/N-ethyl adjacent to an activating group) is 1. The zero-order chi connectivity index (χ0) is 14.9. The Morgan fingerprint density at radius 3 is 2.75 bits per heavy atom. The summed E-state index contributed by atoms with van der Waals surface area (Å²) < 4.78 is 0. The van der Waals surface area contributed by atoms with Crippen molar-refractivity contribution in [2.24, 2.45) is 0 Å². The smallest absolute Gasteiger partial charge is 0.246 e. The normalized spacial score (nSPS) is 22.2. The molecule has 108 valence electrons. The second-order valence-electron chi connectivity index (χ2n) is 4.66. The fraction of sp³-hybridized carbons (Fsp3) is 0.385. The number of rotatable bonds is 3. The van der Waals surface area contributed by atoms with Gasteiger partial charge in [-0.15, -0.1) is 0 Å². The Balaban J connectivity index is 2.31. The molecule has 0 unspecified atom stereocenters. The van der Waals surface area contributed by atoms with Gasteiger partial charge in [0.2, 0.25) is 11.8 Å². The van der Waals surface area contributed by atoms with Crippen molar-refractivity contribution in [3.63, 3.8) is 0 Å². The van der Waals surface area contributed by atoms with Crippen molar-refractivity contribution in [3.8, 4) is 0 Å². The Kier molecular flexibility index (Phi) is 4.52. The molecule has 2 atom stereocenters. The molecule has 1 saturated heterocycles. The van der Waals surface area contributed by atoms with E-state index in [1.165, 1.54) is 0 Å². The topological polar surface area (TPSA) is 69.6 Å². The van der Waals surface area contributed by atoms with Crippen LogP contribution in [0.25, 0.3) is 0 Å². The van der Waals surface area contributed by atoms with Gasteiger partial charge in [-0.2, -0.15) is 0 Å². The van der Waals surface area contributed by atoms with E-state index in [0.29, 0.717) is 10.0 Å². The first-order valence-corrected chi connectivity index (χ1v) is 6.80. The third-order valence-electron chi connectivity index (χ3n) is 3.36. The first kappa shape index (κ1) is 15.1. The number of amides is 2. The maximum atomic E-state index is 11.8. The Labute approximate surface area is 126 Å². The van der Waals surface area contributed by atoms with Crippen molar-refractivity contribution in [2.45, 2.75) is 18.5 Å². The molecular weight excluding hydrogens is 303 g/mol. The third-order valence-corrected chi connectivity index (χ3v) is 4.10. The standard InChI is InChI=1S/C13H14Cl2N2O3/c1-17-12(20)5-10(16-11(19)6-18)13(17)7-2-3-8(14)9(15)4-7/h2-4,10,13,18H,5-6H2,1H3,(H,16,19)/t10-,13+/m1/s1. The van der Waals surface area contributed by atoms with E-state index in [9.17, 15) is 9.59 Å². The molecule has 1 aliphatic heterocycles. The third kappa shape index (κ3) is 2.90. The summed E-state index contributed by atoms with van der Waals surface area (Å²) in [7, 11) is 1.67. The van der Waals surface area contributed by atoms with Gasteiger partial charge in [0.1, 0.15) is 6.61 Å². The highest BCUT2D eigenvalue weighted by atomic mass is 35.5. The summed E-state index contributed by atoms with van der Waals surface area (Å²) in [4.78, 5) is 24.7. The van der Waals surface area contributed by atoms with E-state index < -0.39 is 18.6 Å². The zero-order valence-corrected chi connectivity index (χ0v) is 12.3. The minimum Gasteiger partial charge on any atom is -0.387 e. The van der Waals surface area contributed by atoms with Gasteiger partial charge in [0.05, 0.1) is 22.1 Å². The number of nitrogens with one attached hydrogen (secondary N) is 1. The molecule has 2 N–H and O–H groups in total. The number of nitrogens with zero attached hydrogens (tertiary/aromatic N) is 1. The number of aliphatic hydroxyl groups excluding tert-OH is 1. The number of hydrogen-bond acceptors (Lipinski definition) is 3. The van der Waals surface area contributed by atoms with E-state index in [0.717, 1.165) is 5.56 Å². The maximum Gasteiger partial charge on any atom is 0.246 e. The minimum atomic E-state index is -0.609. The number of aliphatic hydroxyl groups is 1. The number of benzene rings is 1. The summed E-state index contributed by atoms with van der Waals surface area (Å²) in [6.07, 6.45) is 0.188. The highest BCUT2D eigenvalue weighted by Crippen LogP contribution is 2.34. The predicted molar refractivity (Wildman–Crippen MR) is 75.6 cm³/mol. The first-order valence-electron chi connectivity index (χ1n) is 6.05. The van der Waals surface area contributed by atoms with Crippen molar-refractivity contribution in [2.75, 3.05) is 13.7 Å². The van der Waals surface area contributed by atoms with Crippen molar-refractivity contribution in [3.05, 3.63) is 33.8 Å². The van der Waals surface area contributed by atoms with Gasteiger partial charge in [-0.25, -0.2) is 0 Å². The van der Waals surface area contributed by atoms with E-state index in [2.05, 4.69) is 5.32 Å². The van der Waals surface area contributed by atoms with Crippen LogP contribution in [0.5, 0.6) is 0 Å². The van der Waals surface area contributed by atoms with Crippen molar-refractivity contribution < 1.29 is 14.7 Å². The van der Waals surface area contributed by atoms with E-state index in [1.807, 2.05) is 0 Å². The Bertz CT molecular complexity index is 550. The summed E-state index contributed by atoms with van der Waals surface area (Å²) >= 11 is 11.9. The van der Waals surface area contributed by atoms with Gasteiger partial charge < -0.3 is 15.3 Å². The molecule has 0 aliphatic carbocycles. The molecule has 20 heavy (non-hydrogen) atoms. The van der Waals surface area contributed by atoms with Crippen molar-refractivity contribution in [1.82, 2.24) is 10.2 Å². The molecule has 1 fully saturated rings. The van der Waals surface area contributed by atoms with Gasteiger partial charge in [-0.3, -0.25) is 9.59 Å². The quantitative estimate of drug-likeness (QED) is 0.885. The highest BCUT2D eigenvalue weighted by molar-refractivity contribution is 6.42. The number of carbonyl (C=O) groups excluding carboxylic acids is 2. The lowest BCUT2D eigenvalue weighted by Crippen LogP contribution is -2.40. The number of halogens is 2. The lowest BCUT2D eigenvalue weighted by atomic mass is 10.00. The van der Waals surface area contributed by atoms with Gasteiger partial charge in [-0.1, -0.05) is 29.3 Å². The van der Waals surface area contributed by atoms with Crippen molar-refractivity contribution >= 4 is 35.0 Å². The van der Waals surface area contributed by atoms with Gasteiger partial charge in [-0.05, 0) is 17.7 Å². The lowest BCUT2D eigenvalue weighted by Gasteiger charge is -2.26. The van der Waals surface area contributed by atoms with Crippen LogP contribution >= 0.6 is 23.2 Å². The van der Waals surface area contributed by atoms with Crippen LogP contribution in [0.4, 0.5) is 0 Å². The zero-order valence-electron chi connectivity index (χ0n) is 10.8. The SMILES string of the molecule is CN1C(=O)C[C@@H](NC(=O)CO)[C@@H]1c1ccc(Cl)c(Cl)c1. The van der Waals surface area contributed by atoms with Crippen LogP contribution in [-0.4, -0.2) is 41.5 Å². The average Bonchev–Trinajstić information content (AvgIpc) is 2.68. The molecule has 7 heteroatoms. The summed E-state index contributed by atoms with van der Waals surface area (Å²) in [5, 5.41) is 12.3. The summed E-state index contributed by atoms with van der Waals surface area (Å²) in [6, 6.07) is 4.38. The molecule has 1 heterocycles. The Morgan fingerprint density at radius 2 is 2.15 bits per heavy atom. The molecule has 2 rings (SSSR count). The van der Waals surface area contributed by atoms with Crippen LogP contribution in [0.2, 0.25) is 10.0 Å². The van der Waals surface area contributed by atoms with E-state index in [-0.39, 0.29) is 18.4 Å². The van der Waals surface area contributed by atoms with Crippen LogP contribution in [-0.2, 0) is 9.59 Å². The molecule has 0 radical (unpaired) electrons. The van der Waals surface area contributed by atoms with Crippen LogP contribution < -0.4 is 5.32 Å². The first-order chi connectivity index (χ1) is 9.43. The lowest BCUT2D eigenvalue weighted by molar-refractivity contribution is -0.127. The number of hydrogen-bond donors (Lipinski definition) is 2. The van der Waals surface area contributed by atoms with E-state index in [4.69, 9.17) is 28.3 Å². The average molecular weight is 317 g/mol. The Hall–Kier alpha value is -1.30. The van der Waals surface area contributed by atoms with E-state index in [1.54, 1.807) is 30.1 Å². The number of carbonyl (C=O) groups is 2. The fourth-order valence-electron chi connectivity index (χ4n) is 2.40. The molecule has 0 aromatic heterocycles. The van der Waals surface area contributed by atoms with Gasteiger partial charge >= 0.3 is 0 Å². The van der Waals surface area contributed by atoms with E-state index >= 15 is 0 Å². The molecule has 0 bridgehead atoms. The summed E-state index contributed by atoms with van der Waals surface area (Å²) in [5.74, 6) is -0.590. The maximum absolute atomic E-state index is 11.8. The molecule has 1 aromatic rings. The summed E-state index contributed by atoms with van der Waals surface area (Å²) in [6.45, 7) is -0.609. The van der Waals surface area contributed by atoms with Gasteiger partial charge in [0, 0.05) is 13.5 Å². The predicted octanol–water partition coefficient (Wildman–Crippen LogP) is 1.37. The van der Waals surface area contributed by atoms with Gasteiger partial charge in [0.15, 0.2) is 0 Å². The highest BCUT2D eigenvalue weighted by Gasteiger charge is 2.39. The molecule has 2 amide bonds. The molecule has 1 aromatic carbocycles. The fourth-order valence-corrected chi connectivity index (χ4v) is 2.71. The van der Waals surface area contributed by atoms with Gasteiger partial charge in [0.25, 0.3) is 0 Å². The second kappa shape index (κ2) is 5.99. The largest absolute Gasteiger partial charge is 0.387 e. The molecule has 1 aliphatic rings. The van der Waals surface area contributed by atoms with Crippen LogP contribution in [0.1, 0.15) is 18.0 Å². The van der Waals surface area contributed by atoms with Crippen molar-refractivity contribution in [1.29, 1.82) is 0 Å². The van der Waals surface area contributed by atoms with Crippen LogP contribution in [0.15, 0.2) is 18.2 Å². The van der Waals surface area contributed by atoms with Crippen LogP contribution in [0.3, 0.4) is 0 Å². The van der Waals surface area contributed by atoms with Crippen LogP contribution in [0, 0.1) is 0 Å². The summed E-state index contributed by atoms with van der Waals surface area (Å²) in [5.41, 5.74) is 0.788. The number of likely N-dealkylation sites (tertiary alicyclic amines) is 1. The monoisotopic (exact) mass is 316 g/mol. The second-order valence-corrected chi connectivity index (χ2v) is 5.47. The molecule has 0 spiro atoms. The minimum absolute atomic E-state index is 0.0793. The molecule has 0 saturated carbocycles. The molecule has 5 nitrogen and oxygen atoms in total.